The number of nitrogens with zero attached hydrogens (tertiary/aromatic N) is 9. The maximum Gasteiger partial charge on any atom is 0.356 e. The maximum atomic E-state index is 12.9. The smallest absolute Gasteiger partial charge is 0.356 e. The van der Waals surface area contributed by atoms with Gasteiger partial charge in [-0.15, -0.1) is 0 Å². The normalized spacial score (nSPS) is 17.6. The first-order valence-electron chi connectivity index (χ1n) is 32.6. The molecule has 6 aromatic rings. The van der Waals surface area contributed by atoms with E-state index in [1.54, 1.807) is 103 Å². The molecule has 0 radical (unpaired) electrons. The largest absolute Gasteiger partial charge is 1.00 e. The predicted octanol–water partition coefficient (Wildman–Crippen LogP) is 2.22. The molecule has 0 bridgehead atoms. The number of carboxylic acid groups (broad SMARTS) is 2. The molecule has 32 nitrogen and oxygen atoms in total. The Morgan fingerprint density at radius 2 is 0.901 bits per heavy atom. The first-order chi connectivity index (χ1) is 51.9. The highest BCUT2D eigenvalue weighted by atomic mass is 127. The highest BCUT2D eigenvalue weighted by molar-refractivity contribution is 8.10. The number of carbonyl (C=O) groups excluding carboxylic acids is 6. The molecule has 0 spiro atoms. The lowest BCUT2D eigenvalue weighted by molar-refractivity contribution is -0.727. The third-order valence-electron chi connectivity index (χ3n) is 15.6. The highest BCUT2D eigenvalue weighted by Crippen LogP contribution is 2.42. The number of imidazole rings is 2. The van der Waals surface area contributed by atoms with Crippen LogP contribution in [-0.4, -0.2) is 194 Å². The van der Waals surface area contributed by atoms with E-state index in [9.17, 15) is 46.8 Å². The van der Waals surface area contributed by atoms with Crippen molar-refractivity contribution in [3.05, 3.63) is 154 Å². The second kappa shape index (κ2) is 48.5. The summed E-state index contributed by atoms with van der Waals surface area (Å²) in [5.41, 5.74) is 3.25. The number of carboxylic acids is 2. The molecule has 4 atom stereocenters. The van der Waals surface area contributed by atoms with Gasteiger partial charge in [-0.2, -0.15) is 13.7 Å². The standard InChI is InChI=1S/C57H62Cl4N8O12.C5H6Cl2O4.C3H4O4.C2H3N.CH2Cl2O3S.2HI/c1-40(70)66-19-23-68(24-20-66)44-5-9-46(10-6-44)74-30-48-32-78-56(80-48,50-13-3-42(58)27-52(50)60)34-62-15-17-64(36-62)38-76-54(72)29-55(73)77-39-65-18-16-63(37-65)35-57(51-14-4-43(59)28-53(51)61)79-33-49(81-57)31-75-47-11-7-45(8-12-47)69-25-21-67(22-26-69)41(2)71;6-2-10-4(8)1-5(9)11-3-7;4-2(5)1-3(6)7;1-2-3;2-1-6-7(3,4)5;;/h3-18,27-28,36-37,48-49H,19-26,29-35,38-39H2,1-2H3;1-3H2;1H2,(H,4,5)(H,6,7);1H3;1H2;2*1H/q+2;;;;;;/p-2/t48-,49-,56-,57-;;;;;;/m1....../s1. The summed E-state index contributed by atoms with van der Waals surface area (Å²) in [6.45, 7) is 11.2. The van der Waals surface area contributed by atoms with Gasteiger partial charge in [-0.3, -0.25) is 38.4 Å². The number of esters is 4. The molecule has 4 aliphatic rings. The van der Waals surface area contributed by atoms with Gasteiger partial charge in [0.1, 0.15) is 100 Å². The van der Waals surface area contributed by atoms with Gasteiger partial charge >= 0.3 is 45.1 Å². The highest BCUT2D eigenvalue weighted by Gasteiger charge is 2.49. The quantitative estimate of drug-likeness (QED) is 0.0135. The van der Waals surface area contributed by atoms with Crippen LogP contribution in [0, 0.1) is 11.3 Å². The van der Waals surface area contributed by atoms with Gasteiger partial charge in [0, 0.05) is 116 Å². The molecule has 4 fully saturated rings. The van der Waals surface area contributed by atoms with E-state index < -0.39 is 94.3 Å². The minimum Gasteiger partial charge on any atom is -1.00 e. The number of benzene rings is 4. The number of rotatable bonds is 28. The lowest BCUT2D eigenvalue weighted by Gasteiger charge is -2.35. The van der Waals surface area contributed by atoms with Crippen molar-refractivity contribution in [2.45, 2.75) is 90.4 Å². The topological polar surface area (TPSA) is 367 Å². The van der Waals surface area contributed by atoms with Crippen molar-refractivity contribution < 1.29 is 166 Å². The van der Waals surface area contributed by atoms with E-state index >= 15 is 0 Å². The number of aliphatic carboxylic acids is 2. The second-order valence-electron chi connectivity index (χ2n) is 23.4. The Hall–Kier alpha value is -6.72. The van der Waals surface area contributed by atoms with Crippen LogP contribution >= 0.6 is 91.9 Å². The number of alkyl halides is 3. The van der Waals surface area contributed by atoms with Crippen molar-refractivity contribution in [1.82, 2.24) is 18.9 Å². The summed E-state index contributed by atoms with van der Waals surface area (Å²) >= 11 is 41.0. The molecule has 4 aromatic carbocycles. The van der Waals surface area contributed by atoms with Gasteiger partial charge in [0.05, 0.1) is 29.3 Å². The van der Waals surface area contributed by atoms with Crippen molar-refractivity contribution >= 4 is 160 Å². The average molecular weight is 1960 g/mol. The van der Waals surface area contributed by atoms with Crippen LogP contribution in [0.3, 0.4) is 0 Å². The number of carbonyl (C=O) groups is 8. The third-order valence-corrected chi connectivity index (χ3v) is 17.9. The van der Waals surface area contributed by atoms with Crippen LogP contribution in [0.4, 0.5) is 11.4 Å². The Bertz CT molecular complexity index is 3960. The van der Waals surface area contributed by atoms with Crippen LogP contribution in [0.5, 0.6) is 11.5 Å². The molecule has 2 amide bonds. The van der Waals surface area contributed by atoms with E-state index in [2.05, 4.69) is 34.1 Å². The second-order valence-corrected chi connectivity index (χ2v) is 27.9. The summed E-state index contributed by atoms with van der Waals surface area (Å²) in [5.74, 6) is -6.78. The Kier molecular flexibility index (Phi) is 42.2. The summed E-state index contributed by atoms with van der Waals surface area (Å²) in [6.07, 6.45) is 7.55. The van der Waals surface area contributed by atoms with E-state index in [0.29, 0.717) is 68.9 Å². The molecular weight excluding hydrogens is 1880 g/mol. The van der Waals surface area contributed by atoms with Crippen LogP contribution in [0.25, 0.3) is 0 Å². The maximum absolute atomic E-state index is 12.9. The molecule has 4 saturated heterocycles. The molecule has 43 heteroatoms. The molecular formula is C68H77Cl8I2N9O23S. The number of ether oxygens (including phenoxy) is 10. The fourth-order valence-corrected chi connectivity index (χ4v) is 12.8. The minimum absolute atomic E-state index is 0. The number of piperazine rings is 2. The molecule has 2 N–H and O–H groups in total. The number of hydrogen-bond donors (Lipinski definition) is 2. The fraction of sp³-hybridized carbons (Fsp3) is 0.426. The number of halogens is 10. The van der Waals surface area contributed by atoms with E-state index in [0.717, 1.165) is 37.6 Å². The lowest BCUT2D eigenvalue weighted by Crippen LogP contribution is -3.00. The number of hydrogen-bond acceptors (Lipinski definition) is 24. The third kappa shape index (κ3) is 33.0. The van der Waals surface area contributed by atoms with Gasteiger partial charge in [0.2, 0.25) is 49.5 Å². The Morgan fingerprint density at radius 3 is 1.19 bits per heavy atom. The molecule has 0 saturated carbocycles. The molecule has 0 aliphatic carbocycles. The van der Waals surface area contributed by atoms with Crippen LogP contribution in [0.1, 0.15) is 51.2 Å². The number of anilines is 2. The summed E-state index contributed by atoms with van der Waals surface area (Å²) in [7, 11) is 0.665. The molecule has 111 heavy (non-hydrogen) atoms. The van der Waals surface area contributed by atoms with Crippen LogP contribution in [0.15, 0.2) is 122 Å². The summed E-state index contributed by atoms with van der Waals surface area (Å²) in [5, 5.41) is 24.3. The number of amides is 2. The average Bonchev–Trinajstić information content (AvgIpc) is 1.64. The van der Waals surface area contributed by atoms with Gasteiger partial charge in [0.25, 0.3) is 0 Å². The molecule has 2 aromatic heterocycles. The van der Waals surface area contributed by atoms with Crippen LogP contribution in [-0.2, 0) is 128 Å². The monoisotopic (exact) mass is 1950 g/mol. The van der Waals surface area contributed by atoms with Gasteiger partial charge in [0.15, 0.2) is 12.1 Å². The summed E-state index contributed by atoms with van der Waals surface area (Å²) < 4.78 is 87.8. The van der Waals surface area contributed by atoms with E-state index in [4.69, 9.17) is 135 Å². The zero-order chi connectivity index (χ0) is 79.8. The molecule has 10 rings (SSSR count). The minimum atomic E-state index is -3.83. The zero-order valence-corrected chi connectivity index (χ0v) is 70.6. The lowest BCUT2D eigenvalue weighted by atomic mass is 10.1. The van der Waals surface area contributed by atoms with Crippen molar-refractivity contribution in [1.29, 1.82) is 5.26 Å². The van der Waals surface area contributed by atoms with Crippen molar-refractivity contribution in [3.63, 3.8) is 0 Å². The van der Waals surface area contributed by atoms with E-state index in [1.165, 1.54) is 6.92 Å². The first-order valence-corrected chi connectivity index (χ1v) is 38.0. The fourth-order valence-electron chi connectivity index (χ4n) is 10.7. The zero-order valence-electron chi connectivity index (χ0n) is 59.4. The number of nitriles is 1. The predicted molar refractivity (Wildman–Crippen MR) is 393 cm³/mol. The molecule has 608 valence electrons. The van der Waals surface area contributed by atoms with Crippen molar-refractivity contribution in [2.75, 3.05) is 107 Å². The van der Waals surface area contributed by atoms with Crippen molar-refractivity contribution in [2.24, 2.45) is 0 Å². The van der Waals surface area contributed by atoms with Gasteiger partial charge < -0.3 is 125 Å². The Balaban J connectivity index is 0.000000737. The first kappa shape index (κ1) is 96.6. The molecule has 6 heterocycles. The van der Waals surface area contributed by atoms with Crippen LogP contribution in [0.2, 0.25) is 20.1 Å². The van der Waals surface area contributed by atoms with Crippen LogP contribution < -0.4 is 76.4 Å². The van der Waals surface area contributed by atoms with E-state index in [1.807, 2.05) is 67.5 Å². The van der Waals surface area contributed by atoms with Gasteiger partial charge in [-0.05, 0) is 72.8 Å². The number of aromatic nitrogens is 4. The molecule has 0 unspecified atom stereocenters. The SMILES string of the molecule is CC#N.CC(=O)N1CCN(c2ccc(OC[C@@H]3CO[C@@](Cn4cc[n+](COC(=O)CC(=O)OC[n+]5ccn(C[C@@]6(c7ccc(Cl)cc7Cl)OC[C@@H](COc7ccc(N8CCN(C(C)=O)CC8)cc7)O6)c5)c4)(c4ccc(Cl)cc4Cl)O3)cc2)CC1.O=C(CC(=O)OCCl)OCCl.O=C(O)CC(=O)O.O=S(=O)(Cl)OCCl.[I-].[I-]. The Labute approximate surface area is 712 Å². The molecule has 4 aliphatic heterocycles. The van der Waals surface area contributed by atoms with Gasteiger partial charge in [-0.1, -0.05) is 93.3 Å². The van der Waals surface area contributed by atoms with Crippen molar-refractivity contribution in [3.8, 4) is 17.6 Å². The summed E-state index contributed by atoms with van der Waals surface area (Å²) in [4.78, 5) is 97.3. The Morgan fingerprint density at radius 1 is 0.550 bits per heavy atom. The van der Waals surface area contributed by atoms with Gasteiger partial charge in [-0.25, -0.2) is 22.5 Å². The summed E-state index contributed by atoms with van der Waals surface area (Å²) in [6, 6.07) is 26.7. The van der Waals surface area contributed by atoms with E-state index in [-0.39, 0.29) is 125 Å².